The molecule has 0 spiro atoms. The molecule has 15 nitrogen and oxygen atoms in total. The predicted molar refractivity (Wildman–Crippen MR) is 152 cm³/mol. The third kappa shape index (κ3) is 4.91. The molecule has 3 N–H and O–H groups in total. The molecule has 1 aliphatic heterocycles. The van der Waals surface area contributed by atoms with E-state index in [1.807, 2.05) is 0 Å². The Kier molecular flexibility index (Phi) is 6.70. The van der Waals surface area contributed by atoms with Gasteiger partial charge in [-0.05, 0) is 30.9 Å². The normalized spacial score (nSPS) is 16.3. The van der Waals surface area contributed by atoms with Gasteiger partial charge in [0.1, 0.15) is 17.0 Å². The number of nitrogens with zero attached hydrogens (tertiary/aromatic N) is 9. The lowest BCUT2D eigenvalue weighted by molar-refractivity contribution is 0.121. The van der Waals surface area contributed by atoms with Crippen LogP contribution < -0.4 is 22.1 Å². The van der Waals surface area contributed by atoms with Crippen LogP contribution in [0, 0.1) is 5.92 Å². The maximum atomic E-state index is 12.6. The molecule has 2 aliphatic rings. The molecule has 216 valence electrons. The summed E-state index contributed by atoms with van der Waals surface area (Å²) in [4.78, 5) is 52.1. The van der Waals surface area contributed by atoms with Crippen LogP contribution in [0.1, 0.15) is 32.1 Å². The molecular formula is C27H29N11O4. The number of H-pyrrole nitrogens is 1. The average molecular weight is 572 g/mol. The van der Waals surface area contributed by atoms with Crippen molar-refractivity contribution < 1.29 is 9.26 Å². The Morgan fingerprint density at radius 1 is 1.02 bits per heavy atom. The molecular weight excluding hydrogens is 542 g/mol. The molecule has 6 heterocycles. The van der Waals surface area contributed by atoms with E-state index in [1.54, 1.807) is 30.7 Å². The van der Waals surface area contributed by atoms with Gasteiger partial charge in [-0.25, -0.2) is 19.6 Å². The summed E-state index contributed by atoms with van der Waals surface area (Å²) in [5, 5.41) is 3.81. The molecule has 0 unspecified atom stereocenters. The molecule has 0 bridgehead atoms. The number of hydrogen-bond acceptors (Lipinski definition) is 12. The smallest absolute Gasteiger partial charge is 0.383 e. The zero-order valence-corrected chi connectivity index (χ0v) is 22.8. The van der Waals surface area contributed by atoms with Crippen LogP contribution in [0.5, 0.6) is 0 Å². The summed E-state index contributed by atoms with van der Waals surface area (Å²) in [6, 6.07) is 3.35. The van der Waals surface area contributed by atoms with Crippen molar-refractivity contribution in [3.63, 3.8) is 0 Å². The highest BCUT2D eigenvalue weighted by atomic mass is 16.5. The van der Waals surface area contributed by atoms with Crippen molar-refractivity contribution in [3.05, 3.63) is 51.8 Å². The molecule has 7 rings (SSSR count). The van der Waals surface area contributed by atoms with E-state index in [9.17, 15) is 9.59 Å². The first-order valence-electron chi connectivity index (χ1n) is 14.0. The minimum atomic E-state index is -0.717. The molecule has 0 atom stereocenters. The van der Waals surface area contributed by atoms with Crippen molar-refractivity contribution in [1.82, 2.24) is 44.2 Å². The zero-order chi connectivity index (χ0) is 28.6. The largest absolute Gasteiger partial charge is 0.439 e. The van der Waals surface area contributed by atoms with E-state index in [4.69, 9.17) is 29.9 Å². The Morgan fingerprint density at radius 2 is 1.86 bits per heavy atom. The summed E-state index contributed by atoms with van der Waals surface area (Å²) in [6.45, 7) is 3.36. The van der Waals surface area contributed by atoms with E-state index >= 15 is 0 Å². The van der Waals surface area contributed by atoms with E-state index in [2.05, 4.69) is 29.6 Å². The second-order valence-electron chi connectivity index (χ2n) is 10.6. The molecule has 5 aromatic heterocycles. The SMILES string of the molecule is Nc1ccn(-c2cncc(-c3nc(-c4noc(=O)[nH]4)nc4nc(N5CCOCC5)n(CC5CCCCC5)c34)c2)c(=O)n1. The van der Waals surface area contributed by atoms with Crippen molar-refractivity contribution in [3.8, 4) is 28.6 Å². The first-order chi connectivity index (χ1) is 20.5. The number of anilines is 2. The summed E-state index contributed by atoms with van der Waals surface area (Å²) in [7, 11) is 0. The maximum Gasteiger partial charge on any atom is 0.439 e. The van der Waals surface area contributed by atoms with Crippen molar-refractivity contribution in [1.29, 1.82) is 0 Å². The quantitative estimate of drug-likeness (QED) is 0.301. The number of imidazole rings is 1. The monoisotopic (exact) mass is 571 g/mol. The molecule has 1 saturated carbocycles. The molecule has 0 amide bonds. The number of nitrogen functional groups attached to an aromatic ring is 1. The van der Waals surface area contributed by atoms with E-state index in [0.717, 1.165) is 30.9 Å². The lowest BCUT2D eigenvalue weighted by Gasteiger charge is -2.30. The van der Waals surface area contributed by atoms with Gasteiger partial charge in [-0.3, -0.25) is 19.1 Å². The molecule has 0 radical (unpaired) electrons. The summed E-state index contributed by atoms with van der Waals surface area (Å²) < 4.78 is 13.9. The number of aromatic amines is 1. The fourth-order valence-electron chi connectivity index (χ4n) is 5.77. The van der Waals surface area contributed by atoms with Crippen LogP contribution in [-0.2, 0) is 11.3 Å². The number of rotatable bonds is 6. The first-order valence-corrected chi connectivity index (χ1v) is 14.0. The lowest BCUT2D eigenvalue weighted by atomic mass is 9.89. The van der Waals surface area contributed by atoms with Gasteiger partial charge in [0, 0.05) is 37.6 Å². The van der Waals surface area contributed by atoms with Gasteiger partial charge in [0.05, 0.1) is 25.1 Å². The van der Waals surface area contributed by atoms with Gasteiger partial charge in [0.15, 0.2) is 5.65 Å². The van der Waals surface area contributed by atoms with Crippen LogP contribution in [-0.4, -0.2) is 70.5 Å². The molecule has 42 heavy (non-hydrogen) atoms. The van der Waals surface area contributed by atoms with Crippen molar-refractivity contribution >= 4 is 22.9 Å². The van der Waals surface area contributed by atoms with Gasteiger partial charge in [-0.2, -0.15) is 9.97 Å². The highest BCUT2D eigenvalue weighted by Gasteiger charge is 2.27. The molecule has 2 fully saturated rings. The Balaban J connectivity index is 1.45. The number of hydrogen-bond donors (Lipinski definition) is 2. The molecule has 15 heteroatoms. The van der Waals surface area contributed by atoms with Gasteiger partial charge < -0.3 is 19.9 Å². The fraction of sp³-hybridized carbons (Fsp3) is 0.407. The highest BCUT2D eigenvalue weighted by Crippen LogP contribution is 2.35. The second kappa shape index (κ2) is 10.8. The van der Waals surface area contributed by atoms with Crippen LogP contribution in [0.3, 0.4) is 0 Å². The standard InChI is InChI=1S/C27H29N11O4/c28-19-6-7-37(26(39)30-19)18-12-17(13-29-14-18)20-21-22(32-23(31-20)24-34-27(40)42-35-24)33-25(36-8-10-41-11-9-36)38(21)15-16-4-2-1-3-5-16/h6-7,12-14,16H,1-5,8-11,15H2,(H2,28,30,39)(H,34,35,40). The Morgan fingerprint density at radius 3 is 2.62 bits per heavy atom. The van der Waals surface area contributed by atoms with E-state index in [-0.39, 0.29) is 17.5 Å². The van der Waals surface area contributed by atoms with Gasteiger partial charge in [-0.15, -0.1) is 0 Å². The van der Waals surface area contributed by atoms with Crippen LogP contribution >= 0.6 is 0 Å². The lowest BCUT2D eigenvalue weighted by Crippen LogP contribution is -2.38. The van der Waals surface area contributed by atoms with E-state index in [1.165, 1.54) is 23.8 Å². The van der Waals surface area contributed by atoms with Gasteiger partial charge in [0.2, 0.25) is 17.6 Å². The minimum Gasteiger partial charge on any atom is -0.383 e. The number of morpholine rings is 1. The van der Waals surface area contributed by atoms with Gasteiger partial charge >= 0.3 is 11.4 Å². The Bertz CT molecular complexity index is 1860. The van der Waals surface area contributed by atoms with Crippen LogP contribution in [0.4, 0.5) is 11.8 Å². The number of aromatic nitrogens is 9. The highest BCUT2D eigenvalue weighted by molar-refractivity contribution is 5.91. The first kappa shape index (κ1) is 26.0. The Hall–Kier alpha value is -4.92. The molecule has 1 aliphatic carbocycles. The van der Waals surface area contributed by atoms with Crippen molar-refractivity contribution in [2.24, 2.45) is 5.92 Å². The predicted octanol–water partition coefficient (Wildman–Crippen LogP) is 1.78. The molecule has 0 aromatic carbocycles. The van der Waals surface area contributed by atoms with Crippen molar-refractivity contribution in [2.75, 3.05) is 36.9 Å². The zero-order valence-electron chi connectivity index (χ0n) is 22.8. The van der Waals surface area contributed by atoms with Gasteiger partial charge in [0.25, 0.3) is 0 Å². The summed E-state index contributed by atoms with van der Waals surface area (Å²) in [6.07, 6.45) is 10.7. The van der Waals surface area contributed by atoms with Crippen molar-refractivity contribution in [2.45, 2.75) is 38.6 Å². The topological polar surface area (TPSA) is 189 Å². The van der Waals surface area contributed by atoms with Crippen LogP contribution in [0.25, 0.3) is 39.8 Å². The maximum absolute atomic E-state index is 12.6. The number of pyridine rings is 1. The van der Waals surface area contributed by atoms with Gasteiger partial charge in [-0.1, -0.05) is 24.4 Å². The van der Waals surface area contributed by atoms with E-state index in [0.29, 0.717) is 54.8 Å². The molecule has 5 aromatic rings. The van der Waals surface area contributed by atoms with E-state index < -0.39 is 11.4 Å². The summed E-state index contributed by atoms with van der Waals surface area (Å²) >= 11 is 0. The second-order valence-corrected chi connectivity index (χ2v) is 10.6. The average Bonchev–Trinajstić information content (AvgIpc) is 3.61. The molecule has 1 saturated heterocycles. The third-order valence-electron chi connectivity index (χ3n) is 7.80. The minimum absolute atomic E-state index is 0.0842. The number of ether oxygens (including phenoxy) is 1. The summed E-state index contributed by atoms with van der Waals surface area (Å²) in [5.74, 6) is 0.928. The number of fused-ring (bicyclic) bond motifs is 1. The van der Waals surface area contributed by atoms with Crippen LogP contribution in [0.2, 0.25) is 0 Å². The number of nitrogens with one attached hydrogen (secondary N) is 1. The Labute approximate surface area is 238 Å². The number of nitrogens with two attached hydrogens (primary N) is 1. The fourth-order valence-corrected chi connectivity index (χ4v) is 5.77. The summed E-state index contributed by atoms with van der Waals surface area (Å²) in [5.41, 5.74) is 8.00. The van der Waals surface area contributed by atoms with Crippen LogP contribution in [0.15, 0.2) is 44.8 Å². The third-order valence-corrected chi connectivity index (χ3v) is 7.80.